The number of pyridine rings is 1. The van der Waals surface area contributed by atoms with Crippen LogP contribution in [0.4, 0.5) is 11.5 Å². The predicted molar refractivity (Wildman–Crippen MR) is 71.6 cm³/mol. The molecule has 0 bridgehead atoms. The summed E-state index contributed by atoms with van der Waals surface area (Å²) in [5.41, 5.74) is 13.7. The van der Waals surface area contributed by atoms with Crippen molar-refractivity contribution < 1.29 is 9.47 Å². The number of nitrogens with two attached hydrogens (primary N) is 2. The molecular weight excluding hydrogens is 230 g/mol. The minimum atomic E-state index is 0.246. The average Bonchev–Trinajstić information content (AvgIpc) is 2.41. The van der Waals surface area contributed by atoms with Crippen LogP contribution in [0, 0.1) is 0 Å². The second-order valence-corrected chi connectivity index (χ2v) is 3.71. The number of nitrogens with zero attached hydrogens (tertiary/aromatic N) is 1. The number of aromatic nitrogens is 1. The predicted octanol–water partition coefficient (Wildman–Crippen LogP) is 1.93. The van der Waals surface area contributed by atoms with Crippen LogP contribution in [-0.2, 0) is 0 Å². The maximum Gasteiger partial charge on any atom is 0.215 e. The average molecular weight is 245 g/mol. The van der Waals surface area contributed by atoms with Gasteiger partial charge >= 0.3 is 0 Å². The van der Waals surface area contributed by atoms with E-state index >= 15 is 0 Å². The van der Waals surface area contributed by atoms with E-state index in [4.69, 9.17) is 20.9 Å². The van der Waals surface area contributed by atoms with Gasteiger partial charge in [-0.05, 0) is 6.07 Å². The van der Waals surface area contributed by atoms with Gasteiger partial charge in [0.15, 0.2) is 5.82 Å². The van der Waals surface area contributed by atoms with E-state index in [1.165, 1.54) is 7.11 Å². The van der Waals surface area contributed by atoms with Gasteiger partial charge in [0, 0.05) is 17.2 Å². The second kappa shape index (κ2) is 4.83. The Morgan fingerprint density at radius 1 is 1.00 bits per heavy atom. The molecule has 2 aromatic rings. The van der Waals surface area contributed by atoms with Gasteiger partial charge in [-0.1, -0.05) is 18.2 Å². The minimum Gasteiger partial charge on any atom is -0.496 e. The smallest absolute Gasteiger partial charge is 0.215 e. The minimum absolute atomic E-state index is 0.246. The first-order valence-electron chi connectivity index (χ1n) is 5.40. The molecule has 0 aliphatic carbocycles. The van der Waals surface area contributed by atoms with Gasteiger partial charge in [-0.25, -0.2) is 0 Å². The number of nitrogen functional groups attached to an aromatic ring is 2. The third-order valence-electron chi connectivity index (χ3n) is 2.67. The van der Waals surface area contributed by atoms with Gasteiger partial charge in [0.05, 0.1) is 19.9 Å². The van der Waals surface area contributed by atoms with E-state index in [1.807, 2.05) is 24.3 Å². The summed E-state index contributed by atoms with van der Waals surface area (Å²) in [7, 11) is 3.14. The molecular formula is C13H15N3O2. The third kappa shape index (κ3) is 2.02. The quantitative estimate of drug-likeness (QED) is 0.863. The summed E-state index contributed by atoms with van der Waals surface area (Å²) in [4.78, 5) is 4.02. The van der Waals surface area contributed by atoms with Crippen LogP contribution in [-0.4, -0.2) is 19.2 Å². The molecule has 0 spiro atoms. The Bertz CT molecular complexity index is 570. The highest BCUT2D eigenvalue weighted by molar-refractivity contribution is 5.86. The van der Waals surface area contributed by atoms with Crippen LogP contribution in [0.25, 0.3) is 11.1 Å². The zero-order valence-corrected chi connectivity index (χ0v) is 10.3. The van der Waals surface area contributed by atoms with E-state index in [0.717, 1.165) is 16.9 Å². The molecule has 1 aromatic carbocycles. The molecule has 1 heterocycles. The number of benzene rings is 1. The van der Waals surface area contributed by atoms with Crippen molar-refractivity contribution in [1.29, 1.82) is 0 Å². The molecule has 0 fully saturated rings. The maximum absolute atomic E-state index is 5.96. The van der Waals surface area contributed by atoms with Crippen molar-refractivity contribution in [2.75, 3.05) is 25.7 Å². The summed E-state index contributed by atoms with van der Waals surface area (Å²) in [6, 6.07) is 9.30. The number of para-hydroxylation sites is 1. The van der Waals surface area contributed by atoms with Crippen molar-refractivity contribution in [2.45, 2.75) is 0 Å². The molecule has 0 atom stereocenters. The van der Waals surface area contributed by atoms with Crippen molar-refractivity contribution >= 4 is 11.5 Å². The summed E-state index contributed by atoms with van der Waals surface area (Å²) in [6.07, 6.45) is 0. The molecule has 2 rings (SSSR count). The van der Waals surface area contributed by atoms with Crippen molar-refractivity contribution in [2.24, 2.45) is 0 Å². The Balaban J connectivity index is 2.66. The zero-order chi connectivity index (χ0) is 13.1. The summed E-state index contributed by atoms with van der Waals surface area (Å²) in [6.45, 7) is 0. The summed E-state index contributed by atoms with van der Waals surface area (Å²) in [5.74, 6) is 1.38. The van der Waals surface area contributed by atoms with Crippen LogP contribution in [0.5, 0.6) is 11.6 Å². The highest BCUT2D eigenvalue weighted by Gasteiger charge is 2.13. The molecule has 0 saturated carbocycles. The standard InChI is InChI=1S/C13H15N3O2/c1-17-10-6-4-3-5-8(10)9-7-11(18-2)16-13(15)12(9)14/h3-7H,14H2,1-2H3,(H2,15,16). The van der Waals surface area contributed by atoms with Crippen LogP contribution < -0.4 is 20.9 Å². The molecule has 0 aliphatic heterocycles. The highest BCUT2D eigenvalue weighted by atomic mass is 16.5. The topological polar surface area (TPSA) is 83.4 Å². The van der Waals surface area contributed by atoms with Crippen LogP contribution >= 0.6 is 0 Å². The first kappa shape index (κ1) is 12.0. The molecule has 18 heavy (non-hydrogen) atoms. The van der Waals surface area contributed by atoms with Gasteiger partial charge in [-0.3, -0.25) is 0 Å². The van der Waals surface area contributed by atoms with Gasteiger partial charge in [-0.2, -0.15) is 4.98 Å². The van der Waals surface area contributed by atoms with Crippen LogP contribution in [0.1, 0.15) is 0 Å². The second-order valence-electron chi connectivity index (χ2n) is 3.71. The normalized spacial score (nSPS) is 10.1. The first-order chi connectivity index (χ1) is 8.67. The number of rotatable bonds is 3. The number of anilines is 2. The highest BCUT2D eigenvalue weighted by Crippen LogP contribution is 2.37. The van der Waals surface area contributed by atoms with E-state index in [9.17, 15) is 0 Å². The monoisotopic (exact) mass is 245 g/mol. The lowest BCUT2D eigenvalue weighted by molar-refractivity contribution is 0.399. The number of methoxy groups -OCH3 is 2. The van der Waals surface area contributed by atoms with Gasteiger partial charge < -0.3 is 20.9 Å². The maximum atomic E-state index is 5.96. The number of ether oxygens (including phenoxy) is 2. The lowest BCUT2D eigenvalue weighted by Gasteiger charge is -2.13. The Kier molecular flexibility index (Phi) is 3.23. The molecule has 0 amide bonds. The molecule has 94 valence electrons. The van der Waals surface area contributed by atoms with E-state index in [2.05, 4.69) is 4.98 Å². The third-order valence-corrected chi connectivity index (χ3v) is 2.67. The van der Waals surface area contributed by atoms with Crippen molar-refractivity contribution in [3.63, 3.8) is 0 Å². The fourth-order valence-electron chi connectivity index (χ4n) is 1.74. The molecule has 0 aliphatic rings. The fraction of sp³-hybridized carbons (Fsp3) is 0.154. The first-order valence-corrected chi connectivity index (χ1v) is 5.40. The number of hydrogen-bond acceptors (Lipinski definition) is 5. The summed E-state index contributed by atoms with van der Waals surface area (Å²) in [5, 5.41) is 0. The number of hydrogen-bond donors (Lipinski definition) is 2. The largest absolute Gasteiger partial charge is 0.496 e. The van der Waals surface area contributed by atoms with E-state index in [-0.39, 0.29) is 5.82 Å². The van der Waals surface area contributed by atoms with Crippen molar-refractivity contribution in [3.8, 4) is 22.8 Å². The lowest BCUT2D eigenvalue weighted by atomic mass is 10.0. The van der Waals surface area contributed by atoms with Crippen molar-refractivity contribution in [3.05, 3.63) is 30.3 Å². The SMILES string of the molecule is COc1cc(-c2ccccc2OC)c(N)c(N)n1. The molecule has 0 unspecified atom stereocenters. The Hall–Kier alpha value is -2.43. The molecule has 4 N–H and O–H groups in total. The van der Waals surface area contributed by atoms with Gasteiger partial charge in [0.2, 0.25) is 5.88 Å². The summed E-state index contributed by atoms with van der Waals surface area (Å²) < 4.78 is 10.4. The van der Waals surface area contributed by atoms with Gasteiger partial charge in [0.25, 0.3) is 0 Å². The molecule has 5 heteroatoms. The van der Waals surface area contributed by atoms with E-state index in [1.54, 1.807) is 13.2 Å². The lowest BCUT2D eigenvalue weighted by Crippen LogP contribution is -2.02. The Labute approximate surface area is 105 Å². The van der Waals surface area contributed by atoms with E-state index in [0.29, 0.717) is 11.6 Å². The fourth-order valence-corrected chi connectivity index (χ4v) is 1.74. The van der Waals surface area contributed by atoms with E-state index < -0.39 is 0 Å². The zero-order valence-electron chi connectivity index (χ0n) is 10.3. The summed E-state index contributed by atoms with van der Waals surface area (Å²) >= 11 is 0. The van der Waals surface area contributed by atoms with Crippen LogP contribution in [0.15, 0.2) is 30.3 Å². The van der Waals surface area contributed by atoms with Crippen molar-refractivity contribution in [1.82, 2.24) is 4.98 Å². The molecule has 1 aromatic heterocycles. The van der Waals surface area contributed by atoms with Gasteiger partial charge in [-0.15, -0.1) is 0 Å². The molecule has 5 nitrogen and oxygen atoms in total. The molecule has 0 saturated heterocycles. The Morgan fingerprint density at radius 2 is 1.72 bits per heavy atom. The van der Waals surface area contributed by atoms with Crippen LogP contribution in [0.3, 0.4) is 0 Å². The molecule has 0 radical (unpaired) electrons. The van der Waals surface area contributed by atoms with Gasteiger partial charge in [0.1, 0.15) is 5.75 Å². The Morgan fingerprint density at radius 3 is 2.39 bits per heavy atom. The van der Waals surface area contributed by atoms with Crippen LogP contribution in [0.2, 0.25) is 0 Å².